The summed E-state index contributed by atoms with van der Waals surface area (Å²) in [5.41, 5.74) is 1.03. The molecule has 4 heteroatoms. The van der Waals surface area contributed by atoms with E-state index in [1.165, 1.54) is 11.3 Å². The zero-order valence-corrected chi connectivity index (χ0v) is 11.4. The standard InChI is InChI=1S/C16H19F2NO/c17-14(18)15(20)19-11-16(9-5-2-6-10-16)13(19)12-7-3-1-4-8-12/h1,3-4,7-8,13-14H,2,5-6,9-11H2/t13-/m0/s1. The van der Waals surface area contributed by atoms with Gasteiger partial charge in [0.2, 0.25) is 0 Å². The van der Waals surface area contributed by atoms with Crippen molar-refractivity contribution in [2.24, 2.45) is 5.41 Å². The molecule has 20 heavy (non-hydrogen) atoms. The van der Waals surface area contributed by atoms with Gasteiger partial charge in [0.05, 0.1) is 6.04 Å². The van der Waals surface area contributed by atoms with Crippen LogP contribution in [0.2, 0.25) is 0 Å². The minimum atomic E-state index is -2.90. The van der Waals surface area contributed by atoms with Crippen LogP contribution in [0.15, 0.2) is 30.3 Å². The molecule has 1 heterocycles. The normalized spacial score (nSPS) is 24.8. The molecular formula is C16H19F2NO. The minimum Gasteiger partial charge on any atom is -0.329 e. The number of carbonyl (C=O) groups excluding carboxylic acids is 1. The lowest BCUT2D eigenvalue weighted by Crippen LogP contribution is -2.62. The van der Waals surface area contributed by atoms with Crippen molar-refractivity contribution in [2.45, 2.75) is 44.6 Å². The number of nitrogens with zero attached hydrogens (tertiary/aromatic N) is 1. The number of halogens is 2. The van der Waals surface area contributed by atoms with Gasteiger partial charge in [-0.15, -0.1) is 0 Å². The van der Waals surface area contributed by atoms with E-state index in [1.807, 2.05) is 30.3 Å². The van der Waals surface area contributed by atoms with E-state index in [-0.39, 0.29) is 11.5 Å². The zero-order valence-electron chi connectivity index (χ0n) is 11.4. The summed E-state index contributed by atoms with van der Waals surface area (Å²) in [4.78, 5) is 13.1. The molecule has 1 spiro atoms. The Labute approximate surface area is 117 Å². The number of alkyl halides is 2. The van der Waals surface area contributed by atoms with Gasteiger partial charge in [-0.05, 0) is 18.4 Å². The predicted molar refractivity (Wildman–Crippen MR) is 72.4 cm³/mol. The summed E-state index contributed by atoms with van der Waals surface area (Å²) in [5.74, 6) is -1.02. The van der Waals surface area contributed by atoms with Gasteiger partial charge in [0, 0.05) is 12.0 Å². The van der Waals surface area contributed by atoms with Crippen LogP contribution in [0, 0.1) is 5.41 Å². The summed E-state index contributed by atoms with van der Waals surface area (Å²) < 4.78 is 25.5. The molecular weight excluding hydrogens is 260 g/mol. The fourth-order valence-corrected chi connectivity index (χ4v) is 3.92. The molecule has 1 saturated heterocycles. The monoisotopic (exact) mass is 279 g/mol. The second-order valence-corrected chi connectivity index (χ2v) is 6.00. The van der Waals surface area contributed by atoms with Crippen LogP contribution in [-0.2, 0) is 4.79 Å². The number of likely N-dealkylation sites (tertiary alicyclic amines) is 1. The number of amides is 1. The number of hydrogen-bond acceptors (Lipinski definition) is 1. The topological polar surface area (TPSA) is 20.3 Å². The van der Waals surface area contributed by atoms with E-state index in [2.05, 4.69) is 0 Å². The van der Waals surface area contributed by atoms with E-state index in [0.29, 0.717) is 6.54 Å². The summed E-state index contributed by atoms with van der Waals surface area (Å²) >= 11 is 0. The maximum absolute atomic E-state index is 12.8. The van der Waals surface area contributed by atoms with E-state index >= 15 is 0 Å². The maximum atomic E-state index is 12.8. The fourth-order valence-electron chi connectivity index (χ4n) is 3.92. The van der Waals surface area contributed by atoms with Crippen LogP contribution >= 0.6 is 0 Å². The molecule has 2 nitrogen and oxygen atoms in total. The molecule has 2 aliphatic rings. The first-order valence-corrected chi connectivity index (χ1v) is 7.28. The van der Waals surface area contributed by atoms with Crippen LogP contribution in [-0.4, -0.2) is 23.8 Å². The average molecular weight is 279 g/mol. The Balaban J connectivity index is 1.90. The van der Waals surface area contributed by atoms with Crippen molar-refractivity contribution in [2.75, 3.05) is 6.54 Å². The molecule has 0 radical (unpaired) electrons. The highest BCUT2D eigenvalue weighted by Gasteiger charge is 2.55. The van der Waals surface area contributed by atoms with Crippen LogP contribution in [0.25, 0.3) is 0 Å². The zero-order chi connectivity index (χ0) is 14.2. The number of hydrogen-bond donors (Lipinski definition) is 0. The molecule has 0 aromatic heterocycles. The number of rotatable bonds is 2. The molecule has 0 bridgehead atoms. The van der Waals surface area contributed by atoms with Crippen LogP contribution in [0.3, 0.4) is 0 Å². The largest absolute Gasteiger partial charge is 0.329 e. The molecule has 1 amide bonds. The van der Waals surface area contributed by atoms with Gasteiger partial charge in [0.1, 0.15) is 0 Å². The second-order valence-electron chi connectivity index (χ2n) is 6.00. The van der Waals surface area contributed by atoms with Gasteiger partial charge < -0.3 is 4.90 Å². The molecule has 1 aliphatic carbocycles. The van der Waals surface area contributed by atoms with E-state index in [9.17, 15) is 13.6 Å². The summed E-state index contributed by atoms with van der Waals surface area (Å²) in [6.45, 7) is 0.496. The molecule has 0 N–H and O–H groups in total. The van der Waals surface area contributed by atoms with E-state index in [4.69, 9.17) is 0 Å². The van der Waals surface area contributed by atoms with Crippen molar-refractivity contribution in [3.8, 4) is 0 Å². The molecule has 108 valence electrons. The highest BCUT2D eigenvalue weighted by atomic mass is 19.3. The van der Waals surface area contributed by atoms with Crippen molar-refractivity contribution < 1.29 is 13.6 Å². The molecule has 1 aliphatic heterocycles. The first-order valence-electron chi connectivity index (χ1n) is 7.28. The molecule has 0 unspecified atom stereocenters. The van der Waals surface area contributed by atoms with Gasteiger partial charge in [-0.2, -0.15) is 8.78 Å². The lowest BCUT2D eigenvalue weighted by Gasteiger charge is -2.59. The van der Waals surface area contributed by atoms with Crippen molar-refractivity contribution in [3.63, 3.8) is 0 Å². The van der Waals surface area contributed by atoms with Gasteiger partial charge in [-0.3, -0.25) is 4.79 Å². The van der Waals surface area contributed by atoms with Gasteiger partial charge in [0.25, 0.3) is 5.91 Å². The smallest absolute Gasteiger partial charge is 0.315 e. The van der Waals surface area contributed by atoms with Gasteiger partial charge in [-0.25, -0.2) is 0 Å². The highest BCUT2D eigenvalue weighted by molar-refractivity contribution is 5.81. The van der Waals surface area contributed by atoms with Crippen LogP contribution in [0.1, 0.15) is 43.7 Å². The van der Waals surface area contributed by atoms with Crippen molar-refractivity contribution in [3.05, 3.63) is 35.9 Å². The number of carbonyl (C=O) groups is 1. The Kier molecular flexibility index (Phi) is 3.48. The van der Waals surface area contributed by atoms with Crippen LogP contribution in [0.4, 0.5) is 8.78 Å². The van der Waals surface area contributed by atoms with E-state index < -0.39 is 12.3 Å². The van der Waals surface area contributed by atoms with Crippen molar-refractivity contribution in [1.82, 2.24) is 4.90 Å². The molecule has 1 atom stereocenters. The summed E-state index contributed by atoms with van der Waals surface area (Å²) in [7, 11) is 0. The van der Waals surface area contributed by atoms with E-state index in [0.717, 1.165) is 31.2 Å². The van der Waals surface area contributed by atoms with Gasteiger partial charge >= 0.3 is 6.43 Å². The highest BCUT2D eigenvalue weighted by Crippen LogP contribution is 2.57. The molecule has 1 aromatic carbocycles. The Morgan fingerprint density at radius 3 is 2.40 bits per heavy atom. The number of benzene rings is 1. The van der Waals surface area contributed by atoms with E-state index in [1.54, 1.807) is 0 Å². The average Bonchev–Trinajstić information content (AvgIpc) is 2.46. The Morgan fingerprint density at radius 2 is 1.80 bits per heavy atom. The molecule has 1 saturated carbocycles. The summed E-state index contributed by atoms with van der Waals surface area (Å²) in [6.07, 6.45) is 2.67. The van der Waals surface area contributed by atoms with Crippen molar-refractivity contribution in [1.29, 1.82) is 0 Å². The first-order chi connectivity index (χ1) is 9.64. The second kappa shape index (κ2) is 5.15. The quantitative estimate of drug-likeness (QED) is 0.806. The van der Waals surface area contributed by atoms with Crippen LogP contribution in [0.5, 0.6) is 0 Å². The van der Waals surface area contributed by atoms with Gasteiger partial charge in [0.15, 0.2) is 0 Å². The Bertz CT molecular complexity index is 483. The maximum Gasteiger partial charge on any atom is 0.315 e. The van der Waals surface area contributed by atoms with Gasteiger partial charge in [-0.1, -0.05) is 49.6 Å². The minimum absolute atomic E-state index is 0.0319. The molecule has 2 fully saturated rings. The molecule has 3 rings (SSSR count). The lowest BCUT2D eigenvalue weighted by atomic mass is 9.61. The Morgan fingerprint density at radius 1 is 1.15 bits per heavy atom. The SMILES string of the molecule is O=C(C(F)F)N1CC2(CCCCC2)[C@@H]1c1ccccc1. The molecule has 1 aromatic rings. The summed E-state index contributed by atoms with van der Waals surface area (Å²) in [6, 6.07) is 9.47. The first kappa shape index (κ1) is 13.5. The third kappa shape index (κ3) is 2.11. The predicted octanol–water partition coefficient (Wildman–Crippen LogP) is 3.79. The van der Waals surface area contributed by atoms with Crippen molar-refractivity contribution >= 4 is 5.91 Å². The third-order valence-corrected chi connectivity index (χ3v) is 4.81. The third-order valence-electron chi connectivity index (χ3n) is 4.81. The Hall–Kier alpha value is -1.45. The summed E-state index contributed by atoms with van der Waals surface area (Å²) in [5, 5.41) is 0. The fraction of sp³-hybridized carbons (Fsp3) is 0.562. The lowest BCUT2D eigenvalue weighted by molar-refractivity contribution is -0.172. The van der Waals surface area contributed by atoms with Crippen LogP contribution < -0.4 is 0 Å².